The quantitative estimate of drug-likeness (QED) is 0.343. The number of ether oxygens (including phenoxy) is 1. The second-order valence-electron chi connectivity index (χ2n) is 2.89. The number of nitrogens with zero attached hydrogens (tertiary/aromatic N) is 2. The minimum atomic E-state index is -3.85. The standard InChI is InChI=1S/C9H10N2O5S/c1-2-16-7-10-17(14,15)9-5-3-8(4-6-9)11(12)13/h3-7H,2H2,1H3/b10-7+. The molecule has 92 valence electrons. The van der Waals surface area contributed by atoms with Crippen molar-refractivity contribution in [2.45, 2.75) is 11.8 Å². The number of non-ortho nitro benzene ring substituents is 1. The van der Waals surface area contributed by atoms with Gasteiger partial charge in [-0.1, -0.05) is 0 Å². The van der Waals surface area contributed by atoms with Crippen LogP contribution in [0.5, 0.6) is 0 Å². The zero-order valence-electron chi connectivity index (χ0n) is 8.94. The summed E-state index contributed by atoms with van der Waals surface area (Å²) >= 11 is 0. The van der Waals surface area contributed by atoms with E-state index in [4.69, 9.17) is 0 Å². The van der Waals surface area contributed by atoms with Crippen molar-refractivity contribution < 1.29 is 18.1 Å². The zero-order chi connectivity index (χ0) is 12.9. The maximum Gasteiger partial charge on any atom is 0.285 e. The molecule has 0 atom stereocenters. The molecule has 7 nitrogen and oxygen atoms in total. The minimum Gasteiger partial charge on any atom is -0.483 e. The Balaban J connectivity index is 2.96. The van der Waals surface area contributed by atoms with Gasteiger partial charge >= 0.3 is 0 Å². The van der Waals surface area contributed by atoms with Crippen molar-refractivity contribution in [1.29, 1.82) is 0 Å². The third-order valence-electron chi connectivity index (χ3n) is 1.77. The third kappa shape index (κ3) is 3.52. The van der Waals surface area contributed by atoms with Crippen molar-refractivity contribution in [2.24, 2.45) is 4.40 Å². The van der Waals surface area contributed by atoms with E-state index >= 15 is 0 Å². The zero-order valence-corrected chi connectivity index (χ0v) is 9.75. The van der Waals surface area contributed by atoms with Crippen LogP contribution in [0.15, 0.2) is 33.6 Å². The van der Waals surface area contributed by atoms with E-state index < -0.39 is 14.9 Å². The lowest BCUT2D eigenvalue weighted by Crippen LogP contribution is -1.99. The van der Waals surface area contributed by atoms with Gasteiger partial charge in [-0.25, -0.2) is 0 Å². The van der Waals surface area contributed by atoms with Crippen molar-refractivity contribution in [2.75, 3.05) is 6.61 Å². The van der Waals surface area contributed by atoms with E-state index in [1.165, 1.54) is 0 Å². The van der Waals surface area contributed by atoms with Crippen LogP contribution in [0.3, 0.4) is 0 Å². The average Bonchev–Trinajstić information content (AvgIpc) is 2.29. The van der Waals surface area contributed by atoms with Gasteiger partial charge in [0.05, 0.1) is 16.4 Å². The van der Waals surface area contributed by atoms with Crippen LogP contribution in [0.2, 0.25) is 0 Å². The highest BCUT2D eigenvalue weighted by Gasteiger charge is 2.13. The van der Waals surface area contributed by atoms with Crippen molar-refractivity contribution in [3.05, 3.63) is 34.4 Å². The Labute approximate surface area is 97.9 Å². The molecule has 0 aromatic heterocycles. The molecule has 1 aromatic carbocycles. The number of hydrogen-bond donors (Lipinski definition) is 0. The molecule has 0 saturated heterocycles. The normalized spacial score (nSPS) is 11.6. The predicted octanol–water partition coefficient (Wildman–Crippen LogP) is 1.35. The lowest BCUT2D eigenvalue weighted by atomic mass is 10.3. The topological polar surface area (TPSA) is 98.9 Å². The highest BCUT2D eigenvalue weighted by molar-refractivity contribution is 7.90. The van der Waals surface area contributed by atoms with E-state index in [1.54, 1.807) is 6.92 Å². The highest BCUT2D eigenvalue weighted by Crippen LogP contribution is 2.17. The lowest BCUT2D eigenvalue weighted by Gasteiger charge is -1.98. The molecule has 0 aliphatic carbocycles. The molecule has 0 heterocycles. The molecule has 0 N–H and O–H groups in total. The Bertz CT molecular complexity index is 521. The van der Waals surface area contributed by atoms with Gasteiger partial charge in [0, 0.05) is 12.1 Å². The van der Waals surface area contributed by atoms with Crippen LogP contribution < -0.4 is 0 Å². The van der Waals surface area contributed by atoms with Crippen molar-refractivity contribution in [3.63, 3.8) is 0 Å². The second-order valence-corrected chi connectivity index (χ2v) is 4.52. The third-order valence-corrected chi connectivity index (χ3v) is 3.00. The molecule has 0 spiro atoms. The van der Waals surface area contributed by atoms with Crippen LogP contribution in [0.4, 0.5) is 5.69 Å². The van der Waals surface area contributed by atoms with Crippen LogP contribution in [0, 0.1) is 10.1 Å². The number of benzene rings is 1. The van der Waals surface area contributed by atoms with E-state index in [-0.39, 0.29) is 10.6 Å². The summed E-state index contributed by atoms with van der Waals surface area (Å²) in [6.07, 6.45) is 0.830. The maximum absolute atomic E-state index is 11.5. The molecule has 0 fully saturated rings. The van der Waals surface area contributed by atoms with Gasteiger partial charge in [0.2, 0.25) is 0 Å². The van der Waals surface area contributed by atoms with Crippen molar-refractivity contribution in [3.8, 4) is 0 Å². The van der Waals surface area contributed by atoms with Gasteiger partial charge in [-0.2, -0.15) is 8.42 Å². The first-order valence-corrected chi connectivity index (χ1v) is 6.06. The maximum atomic E-state index is 11.5. The lowest BCUT2D eigenvalue weighted by molar-refractivity contribution is -0.384. The number of nitro groups is 1. The summed E-state index contributed by atoms with van der Waals surface area (Å²) in [5, 5.41) is 10.4. The Morgan fingerprint density at radius 2 is 2.00 bits per heavy atom. The number of rotatable bonds is 5. The number of nitro benzene ring substituents is 1. The first kappa shape index (κ1) is 13.1. The smallest absolute Gasteiger partial charge is 0.285 e. The number of hydrogen-bond acceptors (Lipinski definition) is 5. The van der Waals surface area contributed by atoms with Gasteiger partial charge in [-0.05, 0) is 19.1 Å². The Morgan fingerprint density at radius 3 is 2.47 bits per heavy atom. The van der Waals surface area contributed by atoms with E-state index in [1.807, 2.05) is 0 Å². The monoisotopic (exact) mass is 258 g/mol. The van der Waals surface area contributed by atoms with Gasteiger partial charge in [-0.15, -0.1) is 4.40 Å². The molecule has 0 bridgehead atoms. The SMILES string of the molecule is CCO/C=N/S(=O)(=O)c1ccc([N+](=O)[O-])cc1. The van der Waals surface area contributed by atoms with E-state index in [2.05, 4.69) is 9.13 Å². The molecular formula is C9H10N2O5S. The van der Waals surface area contributed by atoms with Gasteiger partial charge in [-0.3, -0.25) is 10.1 Å². The molecule has 0 radical (unpaired) electrons. The fraction of sp³-hybridized carbons (Fsp3) is 0.222. The largest absolute Gasteiger partial charge is 0.483 e. The van der Waals surface area contributed by atoms with E-state index in [0.717, 1.165) is 30.7 Å². The Hall–Kier alpha value is -1.96. The summed E-state index contributed by atoms with van der Waals surface area (Å²) in [6.45, 7) is 1.99. The first-order valence-electron chi connectivity index (χ1n) is 4.62. The summed E-state index contributed by atoms with van der Waals surface area (Å²) in [5.74, 6) is 0. The van der Waals surface area contributed by atoms with Gasteiger partial charge in [0.15, 0.2) is 6.40 Å². The fourth-order valence-electron chi connectivity index (χ4n) is 0.962. The van der Waals surface area contributed by atoms with Gasteiger partial charge in [0.1, 0.15) is 0 Å². The molecule has 8 heteroatoms. The van der Waals surface area contributed by atoms with Crippen LogP contribution in [0.25, 0.3) is 0 Å². The van der Waals surface area contributed by atoms with Gasteiger partial charge < -0.3 is 4.74 Å². The number of sulfonamides is 1. The molecular weight excluding hydrogens is 248 g/mol. The van der Waals surface area contributed by atoms with Crippen LogP contribution in [-0.2, 0) is 14.8 Å². The Morgan fingerprint density at radius 1 is 1.41 bits per heavy atom. The molecule has 0 unspecified atom stereocenters. The van der Waals surface area contributed by atoms with Crippen LogP contribution in [-0.4, -0.2) is 26.3 Å². The van der Waals surface area contributed by atoms with E-state index in [9.17, 15) is 18.5 Å². The van der Waals surface area contributed by atoms with Crippen molar-refractivity contribution >= 4 is 22.1 Å². The second kappa shape index (κ2) is 5.39. The molecule has 1 rings (SSSR count). The summed E-state index contributed by atoms with van der Waals surface area (Å²) in [4.78, 5) is 9.64. The summed E-state index contributed by atoms with van der Waals surface area (Å²) in [7, 11) is -3.85. The summed E-state index contributed by atoms with van der Waals surface area (Å²) in [5.41, 5.74) is -0.183. The summed E-state index contributed by atoms with van der Waals surface area (Å²) < 4.78 is 31.0. The average molecular weight is 258 g/mol. The van der Waals surface area contributed by atoms with Crippen LogP contribution in [0.1, 0.15) is 6.92 Å². The fourth-order valence-corrected chi connectivity index (χ4v) is 1.74. The van der Waals surface area contributed by atoms with Crippen LogP contribution >= 0.6 is 0 Å². The van der Waals surface area contributed by atoms with E-state index in [0.29, 0.717) is 6.61 Å². The molecule has 0 amide bonds. The summed E-state index contributed by atoms with van der Waals surface area (Å²) in [6, 6.07) is 4.44. The molecule has 0 aliphatic rings. The molecule has 0 aliphatic heterocycles. The molecule has 0 saturated carbocycles. The molecule has 17 heavy (non-hydrogen) atoms. The Kier molecular flexibility index (Phi) is 4.16. The highest BCUT2D eigenvalue weighted by atomic mass is 32.2. The molecule has 1 aromatic rings. The minimum absolute atomic E-state index is 0.126. The first-order chi connectivity index (χ1) is 7.97. The predicted molar refractivity (Wildman–Crippen MR) is 60.4 cm³/mol. The van der Waals surface area contributed by atoms with Gasteiger partial charge in [0.25, 0.3) is 15.7 Å². The van der Waals surface area contributed by atoms with Crippen molar-refractivity contribution in [1.82, 2.24) is 0 Å².